The number of nitrogens with two attached hydrogens (primary N) is 2. The number of esters is 1. The maximum Gasteiger partial charge on any atom is 0.312 e. The molecule has 0 saturated heterocycles. The van der Waals surface area contributed by atoms with Crippen LogP contribution in [0.25, 0.3) is 0 Å². The van der Waals surface area contributed by atoms with E-state index in [1.54, 1.807) is 0 Å². The summed E-state index contributed by atoms with van der Waals surface area (Å²) in [6.07, 6.45) is 4.49. The van der Waals surface area contributed by atoms with Crippen LogP contribution in [0.15, 0.2) is 0 Å². The molecule has 5 nitrogen and oxygen atoms in total. The lowest BCUT2D eigenvalue weighted by Crippen LogP contribution is -2.50. The molecule has 1 fully saturated rings. The van der Waals surface area contributed by atoms with E-state index in [-0.39, 0.29) is 0 Å². The van der Waals surface area contributed by atoms with Gasteiger partial charge in [-0.2, -0.15) is 0 Å². The first-order valence-corrected chi connectivity index (χ1v) is 7.63. The van der Waals surface area contributed by atoms with Gasteiger partial charge in [-0.3, -0.25) is 4.79 Å². The van der Waals surface area contributed by atoms with Gasteiger partial charge in [0.15, 0.2) is 0 Å². The maximum absolute atomic E-state index is 12.3. The average molecular weight is 286 g/mol. The van der Waals surface area contributed by atoms with E-state index in [0.717, 1.165) is 12.8 Å². The monoisotopic (exact) mass is 286 g/mol. The summed E-state index contributed by atoms with van der Waals surface area (Å²) >= 11 is 0. The molecule has 5 N–H and O–H groups in total. The summed E-state index contributed by atoms with van der Waals surface area (Å²) in [4.78, 5) is 12.3. The third-order valence-corrected chi connectivity index (χ3v) is 3.83. The largest absolute Gasteiger partial charge is 0.460 e. The first kappa shape index (κ1) is 17.4. The molecule has 1 aliphatic rings. The van der Waals surface area contributed by atoms with Gasteiger partial charge in [0.25, 0.3) is 0 Å². The summed E-state index contributed by atoms with van der Waals surface area (Å²) in [6.45, 7) is 5.45. The Bertz CT molecular complexity index is 307. The molecule has 1 saturated carbocycles. The summed E-state index contributed by atoms with van der Waals surface area (Å²) in [5.41, 5.74) is 10.6. The van der Waals surface area contributed by atoms with Crippen molar-refractivity contribution in [3.63, 3.8) is 0 Å². The van der Waals surface area contributed by atoms with Gasteiger partial charge in [0.05, 0.1) is 18.2 Å². The van der Waals surface area contributed by atoms with Crippen molar-refractivity contribution in [3.05, 3.63) is 0 Å². The molecule has 1 rings (SSSR count). The van der Waals surface area contributed by atoms with Crippen LogP contribution >= 0.6 is 0 Å². The lowest BCUT2D eigenvalue weighted by molar-refractivity contribution is -0.165. The van der Waals surface area contributed by atoms with E-state index >= 15 is 0 Å². The molecule has 0 aromatic rings. The third kappa shape index (κ3) is 5.77. The number of ether oxygens (including phenoxy) is 1. The summed E-state index contributed by atoms with van der Waals surface area (Å²) in [6, 6.07) is 0. The van der Waals surface area contributed by atoms with Crippen LogP contribution in [0.5, 0.6) is 0 Å². The van der Waals surface area contributed by atoms with Crippen molar-refractivity contribution in [3.8, 4) is 0 Å². The zero-order valence-electron chi connectivity index (χ0n) is 13.0. The summed E-state index contributed by atoms with van der Waals surface area (Å²) in [7, 11) is 0. The highest BCUT2D eigenvalue weighted by molar-refractivity contribution is 5.73. The van der Waals surface area contributed by atoms with Crippen molar-refractivity contribution in [2.24, 2.45) is 23.3 Å². The molecular weight excluding hydrogens is 256 g/mol. The fraction of sp³-hybridized carbons (Fsp3) is 0.933. The topological polar surface area (TPSA) is 98.6 Å². The van der Waals surface area contributed by atoms with E-state index < -0.39 is 29.8 Å². The van der Waals surface area contributed by atoms with E-state index in [2.05, 4.69) is 0 Å². The Morgan fingerprint density at radius 3 is 2.25 bits per heavy atom. The number of aliphatic hydroxyl groups is 1. The standard InChI is InChI=1S/C15H30N2O3/c1-15(2,3)20-14(19)11(12(18)13(16)17)9-10-7-5-4-6-8-10/h10-13,18H,4-9,16-17H2,1-3H3/t11-,12-/m0/s1. The molecule has 0 aliphatic heterocycles. The molecular formula is C15H30N2O3. The van der Waals surface area contributed by atoms with E-state index in [0.29, 0.717) is 12.3 Å². The third-order valence-electron chi connectivity index (χ3n) is 3.83. The lowest BCUT2D eigenvalue weighted by atomic mass is 9.80. The van der Waals surface area contributed by atoms with Gasteiger partial charge in [0, 0.05) is 0 Å². The van der Waals surface area contributed by atoms with Crippen molar-refractivity contribution in [2.45, 2.75) is 77.2 Å². The molecule has 0 unspecified atom stereocenters. The summed E-state index contributed by atoms with van der Waals surface area (Å²) in [5, 5.41) is 10.1. The van der Waals surface area contributed by atoms with Crippen LogP contribution in [0.1, 0.15) is 59.3 Å². The van der Waals surface area contributed by atoms with E-state index in [1.165, 1.54) is 19.3 Å². The second-order valence-corrected chi connectivity index (χ2v) is 6.95. The molecule has 0 amide bonds. The molecule has 0 aromatic heterocycles. The molecule has 5 heteroatoms. The Morgan fingerprint density at radius 1 is 1.25 bits per heavy atom. The van der Waals surface area contributed by atoms with Crippen molar-refractivity contribution in [2.75, 3.05) is 0 Å². The first-order chi connectivity index (χ1) is 9.20. The zero-order chi connectivity index (χ0) is 15.3. The minimum Gasteiger partial charge on any atom is -0.460 e. The molecule has 2 atom stereocenters. The Hall–Kier alpha value is -0.650. The van der Waals surface area contributed by atoms with Gasteiger partial charge in [0.2, 0.25) is 0 Å². The molecule has 20 heavy (non-hydrogen) atoms. The number of aliphatic hydroxyl groups excluding tert-OH is 1. The Kier molecular flexibility index (Phi) is 6.43. The minimum absolute atomic E-state index is 0.392. The molecule has 0 aromatic carbocycles. The second-order valence-electron chi connectivity index (χ2n) is 6.95. The number of hydrogen-bond acceptors (Lipinski definition) is 5. The minimum atomic E-state index is -1.05. The normalized spacial score (nSPS) is 20.8. The number of carbonyl (C=O) groups excluding carboxylic acids is 1. The predicted octanol–water partition coefficient (Wildman–Crippen LogP) is 1.52. The van der Waals surface area contributed by atoms with Crippen molar-refractivity contribution >= 4 is 5.97 Å². The Balaban J connectivity index is 2.71. The van der Waals surface area contributed by atoms with E-state index in [1.807, 2.05) is 20.8 Å². The van der Waals surface area contributed by atoms with Gasteiger partial charge in [-0.15, -0.1) is 0 Å². The van der Waals surface area contributed by atoms with Crippen LogP contribution < -0.4 is 11.5 Å². The van der Waals surface area contributed by atoms with Crippen molar-refractivity contribution in [1.29, 1.82) is 0 Å². The second kappa shape index (κ2) is 7.38. The molecule has 1 aliphatic carbocycles. The Labute approximate surface area is 122 Å². The summed E-state index contributed by atoms with van der Waals surface area (Å²) in [5.74, 6) is -0.566. The first-order valence-electron chi connectivity index (χ1n) is 7.63. The predicted molar refractivity (Wildman–Crippen MR) is 78.7 cm³/mol. The highest BCUT2D eigenvalue weighted by atomic mass is 16.6. The maximum atomic E-state index is 12.3. The van der Waals surface area contributed by atoms with Gasteiger partial charge in [0.1, 0.15) is 5.60 Å². The molecule has 0 radical (unpaired) electrons. The van der Waals surface area contributed by atoms with Crippen LogP contribution in [0.2, 0.25) is 0 Å². The van der Waals surface area contributed by atoms with Gasteiger partial charge in [-0.1, -0.05) is 32.1 Å². The zero-order valence-corrected chi connectivity index (χ0v) is 13.0. The van der Waals surface area contributed by atoms with Crippen LogP contribution in [0, 0.1) is 11.8 Å². The summed E-state index contributed by atoms with van der Waals surface area (Å²) < 4.78 is 5.40. The molecule has 118 valence electrons. The van der Waals surface area contributed by atoms with Gasteiger partial charge in [-0.25, -0.2) is 0 Å². The number of hydrogen-bond donors (Lipinski definition) is 3. The SMILES string of the molecule is CC(C)(C)OC(=O)[C@@H](CC1CCCCC1)[C@H](O)C(N)N. The van der Waals surface area contributed by atoms with E-state index in [4.69, 9.17) is 16.2 Å². The van der Waals surface area contributed by atoms with Crippen LogP contribution in [0.4, 0.5) is 0 Å². The molecule has 0 spiro atoms. The van der Waals surface area contributed by atoms with Crippen LogP contribution in [0.3, 0.4) is 0 Å². The lowest BCUT2D eigenvalue weighted by Gasteiger charge is -2.31. The quantitative estimate of drug-likeness (QED) is 0.526. The molecule has 0 heterocycles. The Morgan fingerprint density at radius 2 is 1.80 bits per heavy atom. The van der Waals surface area contributed by atoms with Gasteiger partial charge >= 0.3 is 5.97 Å². The van der Waals surface area contributed by atoms with E-state index in [9.17, 15) is 9.90 Å². The van der Waals surface area contributed by atoms with Crippen molar-refractivity contribution < 1.29 is 14.6 Å². The fourth-order valence-electron chi connectivity index (χ4n) is 2.80. The van der Waals surface area contributed by atoms with Gasteiger partial charge in [-0.05, 0) is 33.1 Å². The highest BCUT2D eigenvalue weighted by Gasteiger charge is 2.35. The average Bonchev–Trinajstić information content (AvgIpc) is 2.34. The van der Waals surface area contributed by atoms with Gasteiger partial charge < -0.3 is 21.3 Å². The number of rotatable bonds is 5. The molecule has 0 bridgehead atoms. The van der Waals surface area contributed by atoms with Crippen LogP contribution in [-0.4, -0.2) is 28.9 Å². The smallest absolute Gasteiger partial charge is 0.312 e. The highest BCUT2D eigenvalue weighted by Crippen LogP contribution is 2.31. The van der Waals surface area contributed by atoms with Crippen LogP contribution in [-0.2, 0) is 9.53 Å². The fourth-order valence-corrected chi connectivity index (χ4v) is 2.80. The number of carbonyl (C=O) groups is 1. The van der Waals surface area contributed by atoms with Crippen molar-refractivity contribution in [1.82, 2.24) is 0 Å².